The molecule has 0 aliphatic heterocycles. The van der Waals surface area contributed by atoms with Gasteiger partial charge in [0.1, 0.15) is 16.5 Å². The number of aryl methyl sites for hydroxylation is 2. The number of thiophene rings is 1. The highest BCUT2D eigenvalue weighted by Gasteiger charge is 2.09. The first-order valence-corrected chi connectivity index (χ1v) is 15.1. The first kappa shape index (κ1) is 28.9. The van der Waals surface area contributed by atoms with Crippen LogP contribution in [0.2, 0.25) is 0 Å². The van der Waals surface area contributed by atoms with E-state index in [-0.39, 0.29) is 0 Å². The average molecular weight is 598 g/mol. The number of aromatic nitrogens is 1. The Labute approximate surface area is 253 Å². The lowest BCUT2D eigenvalue weighted by molar-refractivity contribution is 0.340. The molecule has 5 rings (SSSR count). The summed E-state index contributed by atoms with van der Waals surface area (Å²) in [7, 11) is 0. The van der Waals surface area contributed by atoms with Crippen LogP contribution in [0.1, 0.15) is 25.1 Å². The van der Waals surface area contributed by atoms with Gasteiger partial charge in [-0.15, -0.1) is 20.5 Å². The van der Waals surface area contributed by atoms with E-state index in [4.69, 9.17) is 9.47 Å². The summed E-state index contributed by atoms with van der Waals surface area (Å²) in [5.41, 5.74) is 5.25. The van der Waals surface area contributed by atoms with Crippen LogP contribution in [0, 0.1) is 13.8 Å². The maximum Gasteiger partial charge on any atom is 0.189 e. The molecule has 0 aliphatic rings. The second-order valence-corrected chi connectivity index (χ2v) is 11.1. The minimum atomic E-state index is 0.628. The maximum absolute atomic E-state index is 5.49. The van der Waals surface area contributed by atoms with E-state index >= 15 is 0 Å². The van der Waals surface area contributed by atoms with Crippen molar-refractivity contribution < 1.29 is 9.47 Å². The first-order chi connectivity index (χ1) is 20.5. The van der Waals surface area contributed by atoms with Crippen LogP contribution in [-0.2, 0) is 0 Å². The highest BCUT2D eigenvalue weighted by molar-refractivity contribution is 7.20. The Morgan fingerprint density at radius 3 is 1.83 bits per heavy atom. The summed E-state index contributed by atoms with van der Waals surface area (Å²) in [6.07, 6.45) is 0. The molecule has 0 atom stereocenters. The average Bonchev–Trinajstić information content (AvgIpc) is 3.52. The number of nitrogens with zero attached hydrogens (tertiary/aromatic N) is 5. The second-order valence-electron chi connectivity index (χ2n) is 9.09. The zero-order chi connectivity index (χ0) is 29.3. The van der Waals surface area contributed by atoms with E-state index in [0.29, 0.717) is 13.2 Å². The topological polar surface area (TPSA) is 105 Å². The van der Waals surface area contributed by atoms with E-state index in [1.807, 2.05) is 100 Å². The predicted molar refractivity (Wildman–Crippen MR) is 172 cm³/mol. The summed E-state index contributed by atoms with van der Waals surface area (Å²) in [5, 5.41) is 27.8. The number of hydrogen-bond donors (Lipinski definition) is 2. The highest BCUT2D eigenvalue weighted by atomic mass is 32.1. The molecule has 11 heteroatoms. The molecule has 9 nitrogen and oxygen atoms in total. The lowest BCUT2D eigenvalue weighted by Crippen LogP contribution is -1.92. The van der Waals surface area contributed by atoms with Crippen LogP contribution in [0.15, 0.2) is 99.3 Å². The van der Waals surface area contributed by atoms with Crippen LogP contribution in [0.5, 0.6) is 11.5 Å². The fourth-order valence-electron chi connectivity index (χ4n) is 3.87. The lowest BCUT2D eigenvalue weighted by Gasteiger charge is -2.07. The van der Waals surface area contributed by atoms with Gasteiger partial charge in [-0.05, 0) is 106 Å². The second kappa shape index (κ2) is 13.8. The van der Waals surface area contributed by atoms with Gasteiger partial charge in [0.15, 0.2) is 10.1 Å². The van der Waals surface area contributed by atoms with Gasteiger partial charge >= 0.3 is 0 Å². The third-order valence-electron chi connectivity index (χ3n) is 5.85. The van der Waals surface area contributed by atoms with Crippen LogP contribution in [0.3, 0.4) is 0 Å². The van der Waals surface area contributed by atoms with E-state index in [9.17, 15) is 0 Å². The molecule has 2 N–H and O–H groups in total. The smallest absolute Gasteiger partial charge is 0.189 e. The minimum absolute atomic E-state index is 0.628. The van der Waals surface area contributed by atoms with E-state index < -0.39 is 0 Å². The highest BCUT2D eigenvalue weighted by Crippen LogP contribution is 2.38. The van der Waals surface area contributed by atoms with Gasteiger partial charge < -0.3 is 20.1 Å². The van der Waals surface area contributed by atoms with Crippen molar-refractivity contribution in [2.75, 3.05) is 23.8 Å². The minimum Gasteiger partial charge on any atom is -0.494 e. The summed E-state index contributed by atoms with van der Waals surface area (Å²) in [4.78, 5) is 4.63. The molecule has 42 heavy (non-hydrogen) atoms. The summed E-state index contributed by atoms with van der Waals surface area (Å²) in [5.74, 6) is 1.64. The molecule has 0 spiro atoms. The third-order valence-corrected chi connectivity index (χ3v) is 7.85. The molecular weight excluding hydrogens is 567 g/mol. The van der Waals surface area contributed by atoms with Gasteiger partial charge in [0, 0.05) is 11.4 Å². The van der Waals surface area contributed by atoms with Crippen LogP contribution < -0.4 is 20.1 Å². The Morgan fingerprint density at radius 2 is 1.24 bits per heavy atom. The van der Waals surface area contributed by atoms with Crippen molar-refractivity contribution in [2.45, 2.75) is 27.7 Å². The summed E-state index contributed by atoms with van der Waals surface area (Å²) >= 11 is 3.00. The van der Waals surface area contributed by atoms with Crippen molar-refractivity contribution in [3.05, 3.63) is 90.1 Å². The monoisotopic (exact) mass is 597 g/mol. The van der Waals surface area contributed by atoms with Crippen LogP contribution in [0.4, 0.5) is 42.9 Å². The Balaban J connectivity index is 1.21. The van der Waals surface area contributed by atoms with E-state index in [0.717, 1.165) is 65.6 Å². The van der Waals surface area contributed by atoms with Gasteiger partial charge in [0.25, 0.3) is 0 Å². The number of ether oxygens (including phenoxy) is 2. The summed E-state index contributed by atoms with van der Waals surface area (Å²) in [6, 6.07) is 25.2. The molecule has 2 heterocycles. The zero-order valence-electron chi connectivity index (χ0n) is 23.8. The van der Waals surface area contributed by atoms with Crippen molar-refractivity contribution in [1.29, 1.82) is 0 Å². The quantitative estimate of drug-likeness (QED) is 0.139. The van der Waals surface area contributed by atoms with Gasteiger partial charge in [-0.3, -0.25) is 0 Å². The standard InChI is InChI=1S/C31H31N7O2S2/c1-5-39-26-14-10-22(11-15-26)35-37-29-20(3)18-28(41-29)33-24-8-7-9-25(19-24)34-31-32-21(4)30(42-31)38-36-23-12-16-27(17-13-23)40-6-2/h7-19,33H,5-6H2,1-4H3,(H,32,34). The fraction of sp³-hybridized carbons (Fsp3) is 0.194. The molecule has 5 aromatic rings. The molecule has 0 bridgehead atoms. The fourth-order valence-corrected chi connectivity index (χ4v) is 5.59. The SMILES string of the molecule is CCOc1ccc(N=Nc2sc(Nc3cccc(Nc4nc(C)c(N=Nc5ccc(OCC)cc5)s4)c3)cc2C)cc1. The largest absolute Gasteiger partial charge is 0.494 e. The van der Waals surface area contributed by atoms with Gasteiger partial charge in [-0.2, -0.15) is 0 Å². The van der Waals surface area contributed by atoms with Gasteiger partial charge in [0.05, 0.1) is 35.3 Å². The van der Waals surface area contributed by atoms with Crippen molar-refractivity contribution in [3.63, 3.8) is 0 Å². The summed E-state index contributed by atoms with van der Waals surface area (Å²) < 4.78 is 11.0. The third kappa shape index (κ3) is 7.77. The Bertz CT molecular complexity index is 1560. The number of nitrogens with one attached hydrogen (secondary N) is 2. The van der Waals surface area contributed by atoms with Crippen LogP contribution in [-0.4, -0.2) is 18.2 Å². The molecule has 0 aliphatic carbocycles. The molecule has 0 amide bonds. The van der Waals surface area contributed by atoms with E-state index in [2.05, 4.69) is 42.1 Å². The number of rotatable bonds is 12. The normalized spacial score (nSPS) is 11.3. The number of hydrogen-bond acceptors (Lipinski definition) is 11. The molecule has 0 unspecified atom stereocenters. The molecule has 0 fully saturated rings. The maximum atomic E-state index is 5.49. The molecule has 2 aromatic heterocycles. The lowest BCUT2D eigenvalue weighted by atomic mass is 10.2. The van der Waals surface area contributed by atoms with Crippen molar-refractivity contribution in [2.24, 2.45) is 20.5 Å². The van der Waals surface area contributed by atoms with Crippen LogP contribution in [0.25, 0.3) is 0 Å². The molecule has 0 radical (unpaired) electrons. The van der Waals surface area contributed by atoms with E-state index in [1.54, 1.807) is 11.3 Å². The zero-order valence-corrected chi connectivity index (χ0v) is 25.4. The Hall–Kier alpha value is -4.61. The molecule has 3 aromatic carbocycles. The molecule has 214 valence electrons. The van der Waals surface area contributed by atoms with Gasteiger partial charge in [-0.1, -0.05) is 28.7 Å². The predicted octanol–water partition coefficient (Wildman–Crippen LogP) is 10.9. The Morgan fingerprint density at radius 1 is 0.667 bits per heavy atom. The summed E-state index contributed by atoms with van der Waals surface area (Å²) in [6.45, 7) is 9.14. The van der Waals surface area contributed by atoms with Crippen molar-refractivity contribution in [3.8, 4) is 11.5 Å². The number of benzene rings is 3. The van der Waals surface area contributed by atoms with Gasteiger partial charge in [0.2, 0.25) is 0 Å². The van der Waals surface area contributed by atoms with Gasteiger partial charge in [-0.25, -0.2) is 4.98 Å². The van der Waals surface area contributed by atoms with E-state index in [1.165, 1.54) is 11.3 Å². The van der Waals surface area contributed by atoms with Crippen molar-refractivity contribution >= 4 is 65.6 Å². The van der Waals surface area contributed by atoms with Crippen molar-refractivity contribution in [1.82, 2.24) is 4.98 Å². The molecule has 0 saturated heterocycles. The molecule has 0 saturated carbocycles. The Kier molecular flexibility index (Phi) is 9.52. The first-order valence-electron chi connectivity index (χ1n) is 13.5. The number of thiazole rings is 1. The van der Waals surface area contributed by atoms with Crippen LogP contribution >= 0.6 is 22.7 Å². The molecular formula is C31H31N7O2S2. The number of azo groups is 2. The number of anilines is 4.